The Balaban J connectivity index is 2.66. The lowest BCUT2D eigenvalue weighted by Crippen LogP contribution is -2.00. The third-order valence-electron chi connectivity index (χ3n) is 5.03. The van der Waals surface area contributed by atoms with Gasteiger partial charge in [0.25, 0.3) is 5.69 Å². The Morgan fingerprint density at radius 3 is 1.93 bits per heavy atom. The Morgan fingerprint density at radius 1 is 0.852 bits per heavy atom. The van der Waals surface area contributed by atoms with Gasteiger partial charge in [0, 0.05) is 0 Å². The van der Waals surface area contributed by atoms with Crippen molar-refractivity contribution >= 4 is 29.7 Å². The molecule has 27 heavy (non-hydrogen) atoms. The van der Waals surface area contributed by atoms with Crippen molar-refractivity contribution in [2.75, 3.05) is 0 Å². The first-order valence-electron chi connectivity index (χ1n) is 10.8. The largest absolute Gasteiger partial charge is 0.436 e. The molecule has 1 aromatic rings. The van der Waals surface area contributed by atoms with Crippen LogP contribution in [0.5, 0.6) is 5.75 Å². The van der Waals surface area contributed by atoms with Gasteiger partial charge < -0.3 is 9.42 Å². The zero-order valence-corrected chi connectivity index (χ0v) is 19.9. The number of hydrogen-bond donors (Lipinski definition) is 2. The number of benzene rings is 1. The second kappa shape index (κ2) is 14.9. The molecule has 1 rings (SSSR count). The van der Waals surface area contributed by atoms with E-state index in [1.165, 1.54) is 81.8 Å². The quantitative estimate of drug-likeness (QED) is 0.158. The third-order valence-corrected chi connectivity index (χ3v) is 5.93. The fraction of sp³-hybridized carbons (Fsp3) is 0.727. The van der Waals surface area contributed by atoms with Crippen molar-refractivity contribution < 1.29 is 9.42 Å². The van der Waals surface area contributed by atoms with Gasteiger partial charge in [-0.1, -0.05) is 102 Å². The van der Waals surface area contributed by atoms with Crippen LogP contribution in [-0.4, -0.2) is 4.89 Å². The molecular weight excluding hydrogens is 391 g/mol. The van der Waals surface area contributed by atoms with Crippen LogP contribution >= 0.6 is 17.9 Å². The van der Waals surface area contributed by atoms with Crippen molar-refractivity contribution in [3.63, 3.8) is 0 Å². The van der Waals surface area contributed by atoms with Gasteiger partial charge in [-0.3, -0.25) is 0 Å². The predicted molar refractivity (Wildman–Crippen MR) is 127 cm³/mol. The Hall–Kier alpha value is -0.0200. The zero-order chi connectivity index (χ0) is 20.0. The molecule has 156 valence electrons. The topological polar surface area (TPSA) is 29.5 Å². The van der Waals surface area contributed by atoms with E-state index in [2.05, 4.69) is 32.2 Å². The molecule has 1 N–H and O–H groups in total. The maximum atomic E-state index is 9.92. The van der Waals surface area contributed by atoms with Crippen LogP contribution in [0.25, 0.3) is 0 Å². The first kappa shape index (κ1) is 25.0. The highest BCUT2D eigenvalue weighted by molar-refractivity contribution is 8.59. The van der Waals surface area contributed by atoms with Gasteiger partial charge in [0.05, 0.1) is 0 Å². The molecule has 0 amide bonds. The minimum absolute atomic E-state index is 0.743. The van der Waals surface area contributed by atoms with Crippen molar-refractivity contribution in [2.45, 2.75) is 104 Å². The molecule has 2 nitrogen and oxygen atoms in total. The minimum atomic E-state index is -3.00. The Labute approximate surface area is 177 Å². The van der Waals surface area contributed by atoms with Crippen LogP contribution in [0, 0.1) is 0 Å². The number of unbranched alkanes of at least 4 members (excludes halogenated alkanes) is 10. The molecule has 0 aromatic heterocycles. The van der Waals surface area contributed by atoms with Crippen LogP contribution in [0.3, 0.4) is 0 Å². The maximum absolute atomic E-state index is 9.92. The summed E-state index contributed by atoms with van der Waals surface area (Å²) in [5.41, 5.74) is -0.415. The average Bonchev–Trinajstić information content (AvgIpc) is 2.61. The van der Waals surface area contributed by atoms with Crippen LogP contribution < -0.4 is 4.52 Å². The van der Waals surface area contributed by atoms with Gasteiger partial charge in [0.2, 0.25) is 0 Å². The summed E-state index contributed by atoms with van der Waals surface area (Å²) in [4.78, 5) is 9.92. The van der Waals surface area contributed by atoms with E-state index in [0.717, 1.165) is 25.0 Å². The van der Waals surface area contributed by atoms with E-state index in [1.54, 1.807) is 0 Å². The number of rotatable bonds is 16. The van der Waals surface area contributed by atoms with Crippen molar-refractivity contribution in [3.05, 3.63) is 29.3 Å². The summed E-state index contributed by atoms with van der Waals surface area (Å²) in [5.74, 6) is 0.743. The maximum Gasteiger partial charge on any atom is 0.291 e. The first-order valence-corrected chi connectivity index (χ1v) is 14.7. The molecule has 0 saturated heterocycles. The average molecular weight is 431 g/mol. The molecule has 0 saturated carbocycles. The van der Waals surface area contributed by atoms with Gasteiger partial charge in [-0.25, -0.2) is 0 Å². The van der Waals surface area contributed by atoms with Crippen LogP contribution in [-0.2, 0) is 24.6 Å². The smallest absolute Gasteiger partial charge is 0.291 e. The van der Waals surface area contributed by atoms with Gasteiger partial charge >= 0.3 is 0 Å². The molecule has 0 bridgehead atoms. The second-order valence-corrected chi connectivity index (χ2v) is 12.6. The van der Waals surface area contributed by atoms with E-state index < -0.39 is 5.69 Å². The van der Waals surface area contributed by atoms with Crippen molar-refractivity contribution in [3.8, 4) is 5.75 Å². The molecular formula is C22H39O2PS2. The molecule has 5 heteroatoms. The summed E-state index contributed by atoms with van der Waals surface area (Å²) < 4.78 is 5.67. The molecule has 0 spiro atoms. The standard InChI is InChI=1S/C22H39O2PS2/c1-3-5-7-9-11-13-16-20-17-15-19-22(24-25(23,26)27)21(20)18-14-12-10-8-6-4-2/h15,17,19H,3-14,16,18H2,1-2H3,(H2,23,26,27). The third kappa shape index (κ3) is 12.2. The zero-order valence-electron chi connectivity index (χ0n) is 17.3. The molecule has 0 aliphatic heterocycles. The highest BCUT2D eigenvalue weighted by atomic mass is 32.9. The molecule has 0 aliphatic rings. The molecule has 0 fully saturated rings. The predicted octanol–water partition coefficient (Wildman–Crippen LogP) is 8.02. The normalized spacial score (nSPS) is 13.5. The van der Waals surface area contributed by atoms with E-state index in [0.29, 0.717) is 0 Å². The Kier molecular flexibility index (Phi) is 13.8. The number of hydrogen-bond acceptors (Lipinski definition) is 2. The van der Waals surface area contributed by atoms with Gasteiger partial charge in [-0.15, -0.1) is 0 Å². The SMILES string of the molecule is CCCCCCCCc1cccc(OP(O)(=S)S)c1CCCCCCCC. The lowest BCUT2D eigenvalue weighted by Gasteiger charge is -2.18. The molecule has 0 heterocycles. The summed E-state index contributed by atoms with van der Waals surface area (Å²) in [6.07, 6.45) is 17.5. The minimum Gasteiger partial charge on any atom is -0.436 e. The second-order valence-electron chi connectivity index (χ2n) is 7.51. The molecule has 0 radical (unpaired) electrons. The fourth-order valence-electron chi connectivity index (χ4n) is 3.52. The Morgan fingerprint density at radius 2 is 1.37 bits per heavy atom. The number of thiol groups is 1. The monoisotopic (exact) mass is 430 g/mol. The first-order chi connectivity index (χ1) is 13.0. The molecule has 1 aromatic carbocycles. The summed E-state index contributed by atoms with van der Waals surface area (Å²) in [5, 5.41) is 0. The van der Waals surface area contributed by atoms with Gasteiger partial charge in [0.15, 0.2) is 0 Å². The highest BCUT2D eigenvalue weighted by Gasteiger charge is 2.15. The van der Waals surface area contributed by atoms with Gasteiger partial charge in [0.1, 0.15) is 5.75 Å². The van der Waals surface area contributed by atoms with E-state index in [1.807, 2.05) is 12.1 Å². The molecule has 1 unspecified atom stereocenters. The van der Waals surface area contributed by atoms with E-state index in [9.17, 15) is 4.89 Å². The summed E-state index contributed by atoms with van der Waals surface area (Å²) in [7, 11) is 0. The highest BCUT2D eigenvalue weighted by Crippen LogP contribution is 2.48. The van der Waals surface area contributed by atoms with E-state index in [4.69, 9.17) is 16.3 Å². The summed E-state index contributed by atoms with van der Waals surface area (Å²) in [6.45, 7) is 4.50. The van der Waals surface area contributed by atoms with Gasteiger partial charge in [-0.2, -0.15) is 0 Å². The van der Waals surface area contributed by atoms with Crippen molar-refractivity contribution in [1.82, 2.24) is 0 Å². The van der Waals surface area contributed by atoms with Crippen LogP contribution in [0.15, 0.2) is 18.2 Å². The van der Waals surface area contributed by atoms with Gasteiger partial charge in [-0.05, 0) is 54.7 Å². The van der Waals surface area contributed by atoms with E-state index in [-0.39, 0.29) is 0 Å². The lowest BCUT2D eigenvalue weighted by molar-refractivity contribution is 0.498. The van der Waals surface area contributed by atoms with Crippen molar-refractivity contribution in [1.29, 1.82) is 0 Å². The van der Waals surface area contributed by atoms with Crippen LogP contribution in [0.2, 0.25) is 0 Å². The Bertz CT molecular complexity index is 557. The van der Waals surface area contributed by atoms with E-state index >= 15 is 0 Å². The number of aryl methyl sites for hydroxylation is 1. The lowest BCUT2D eigenvalue weighted by atomic mass is 9.95. The fourth-order valence-corrected chi connectivity index (χ4v) is 4.45. The van der Waals surface area contributed by atoms with Crippen molar-refractivity contribution in [2.24, 2.45) is 0 Å². The summed E-state index contributed by atoms with van der Waals surface area (Å²) in [6, 6.07) is 6.17. The van der Waals surface area contributed by atoms with Crippen LogP contribution in [0.1, 0.15) is 102 Å². The summed E-state index contributed by atoms with van der Waals surface area (Å²) >= 11 is 9.08. The molecule has 0 aliphatic carbocycles. The molecule has 1 atom stereocenters. The van der Waals surface area contributed by atoms with Crippen LogP contribution in [0.4, 0.5) is 0 Å².